The lowest BCUT2D eigenvalue weighted by molar-refractivity contribution is 0.390. The Morgan fingerprint density at radius 3 is 2.56 bits per heavy atom. The van der Waals surface area contributed by atoms with Crippen molar-refractivity contribution in [2.45, 2.75) is 38.6 Å². The summed E-state index contributed by atoms with van der Waals surface area (Å²) in [5, 5.41) is 4.33. The third kappa shape index (κ3) is 2.41. The first-order chi connectivity index (χ1) is 7.72. The number of benzene rings is 1. The highest BCUT2D eigenvalue weighted by atomic mass is 35.5. The van der Waals surface area contributed by atoms with Gasteiger partial charge in [-0.3, -0.25) is 0 Å². The Bertz CT molecular complexity index is 356. The molecule has 1 aromatic rings. The van der Waals surface area contributed by atoms with Crippen molar-refractivity contribution in [2.24, 2.45) is 5.92 Å². The lowest BCUT2D eigenvalue weighted by atomic mass is 9.91. The average molecular weight is 238 g/mol. The van der Waals surface area contributed by atoms with E-state index in [0.717, 1.165) is 16.5 Å². The largest absolute Gasteiger partial charge is 0.313 e. The van der Waals surface area contributed by atoms with Gasteiger partial charge in [-0.15, -0.1) is 0 Å². The van der Waals surface area contributed by atoms with Gasteiger partial charge in [0.1, 0.15) is 0 Å². The minimum Gasteiger partial charge on any atom is -0.313 e. The van der Waals surface area contributed by atoms with Crippen molar-refractivity contribution in [1.29, 1.82) is 0 Å². The highest BCUT2D eigenvalue weighted by molar-refractivity contribution is 6.31. The van der Waals surface area contributed by atoms with Crippen LogP contribution in [0.2, 0.25) is 5.02 Å². The van der Waals surface area contributed by atoms with Gasteiger partial charge in [-0.05, 0) is 49.9 Å². The van der Waals surface area contributed by atoms with E-state index in [1.54, 1.807) is 0 Å². The van der Waals surface area contributed by atoms with Crippen molar-refractivity contribution in [3.05, 3.63) is 34.3 Å². The second kappa shape index (κ2) is 5.20. The van der Waals surface area contributed by atoms with Crippen LogP contribution in [0.15, 0.2) is 18.2 Å². The van der Waals surface area contributed by atoms with Gasteiger partial charge in [0.15, 0.2) is 0 Å². The molecule has 1 aromatic carbocycles. The van der Waals surface area contributed by atoms with Crippen LogP contribution in [0, 0.1) is 12.8 Å². The fourth-order valence-corrected chi connectivity index (χ4v) is 2.96. The smallest absolute Gasteiger partial charge is 0.0438 e. The second-order valence-electron chi connectivity index (χ2n) is 4.82. The molecule has 0 saturated heterocycles. The Balaban J connectivity index is 2.22. The molecule has 1 aliphatic rings. The van der Waals surface area contributed by atoms with Crippen molar-refractivity contribution in [3.8, 4) is 0 Å². The minimum absolute atomic E-state index is 0.473. The summed E-state index contributed by atoms with van der Waals surface area (Å²) < 4.78 is 0. The van der Waals surface area contributed by atoms with Gasteiger partial charge in [-0.2, -0.15) is 0 Å². The van der Waals surface area contributed by atoms with Crippen molar-refractivity contribution in [3.63, 3.8) is 0 Å². The van der Waals surface area contributed by atoms with Crippen molar-refractivity contribution in [1.82, 2.24) is 5.32 Å². The predicted molar refractivity (Wildman–Crippen MR) is 69.9 cm³/mol. The van der Waals surface area contributed by atoms with E-state index in [0.29, 0.717) is 6.04 Å². The number of hydrogen-bond donors (Lipinski definition) is 1. The van der Waals surface area contributed by atoms with E-state index in [9.17, 15) is 0 Å². The van der Waals surface area contributed by atoms with E-state index < -0.39 is 0 Å². The maximum Gasteiger partial charge on any atom is 0.0438 e. The van der Waals surface area contributed by atoms with E-state index >= 15 is 0 Å². The molecule has 0 bridgehead atoms. The molecule has 88 valence electrons. The van der Waals surface area contributed by atoms with Gasteiger partial charge in [0.25, 0.3) is 0 Å². The Morgan fingerprint density at radius 2 is 2.00 bits per heavy atom. The third-order valence-electron chi connectivity index (χ3n) is 3.74. The van der Waals surface area contributed by atoms with Crippen LogP contribution in [0.3, 0.4) is 0 Å². The van der Waals surface area contributed by atoms with Crippen LogP contribution in [0.4, 0.5) is 0 Å². The lowest BCUT2D eigenvalue weighted by Crippen LogP contribution is -2.23. The number of rotatable bonds is 3. The Labute approximate surface area is 103 Å². The molecule has 1 aliphatic carbocycles. The van der Waals surface area contributed by atoms with Crippen LogP contribution in [0.5, 0.6) is 0 Å². The normalized spacial score (nSPS) is 18.9. The molecule has 0 heterocycles. The Morgan fingerprint density at radius 1 is 1.31 bits per heavy atom. The topological polar surface area (TPSA) is 12.0 Å². The first kappa shape index (κ1) is 11.9. The predicted octanol–water partition coefficient (Wildman–Crippen LogP) is 4.10. The molecule has 0 aliphatic heterocycles. The van der Waals surface area contributed by atoms with Gasteiger partial charge in [0.2, 0.25) is 0 Å². The van der Waals surface area contributed by atoms with Crippen LogP contribution in [-0.4, -0.2) is 7.05 Å². The fourth-order valence-electron chi connectivity index (χ4n) is 2.77. The van der Waals surface area contributed by atoms with E-state index in [1.807, 2.05) is 0 Å². The second-order valence-corrected chi connectivity index (χ2v) is 5.23. The zero-order valence-electron chi connectivity index (χ0n) is 10.1. The molecule has 1 fully saturated rings. The van der Waals surface area contributed by atoms with Gasteiger partial charge >= 0.3 is 0 Å². The summed E-state index contributed by atoms with van der Waals surface area (Å²) in [4.78, 5) is 0. The average Bonchev–Trinajstić information content (AvgIpc) is 2.78. The summed E-state index contributed by atoms with van der Waals surface area (Å²) in [6.07, 6.45) is 5.44. The molecule has 0 amide bonds. The SMILES string of the molecule is CNC(c1ccc(C)c(Cl)c1)C1CCCC1. The van der Waals surface area contributed by atoms with Crippen molar-refractivity contribution < 1.29 is 0 Å². The summed E-state index contributed by atoms with van der Waals surface area (Å²) in [6, 6.07) is 6.93. The van der Waals surface area contributed by atoms with Crippen LogP contribution < -0.4 is 5.32 Å². The molecular weight excluding hydrogens is 218 g/mol. The first-order valence-electron chi connectivity index (χ1n) is 6.15. The molecule has 0 aromatic heterocycles. The van der Waals surface area contributed by atoms with E-state index in [-0.39, 0.29) is 0 Å². The monoisotopic (exact) mass is 237 g/mol. The molecule has 1 saturated carbocycles. The van der Waals surface area contributed by atoms with Crippen LogP contribution >= 0.6 is 11.6 Å². The molecule has 16 heavy (non-hydrogen) atoms. The van der Waals surface area contributed by atoms with Crippen molar-refractivity contribution in [2.75, 3.05) is 7.05 Å². The zero-order chi connectivity index (χ0) is 11.5. The molecule has 1 N–H and O–H groups in total. The van der Waals surface area contributed by atoms with Crippen LogP contribution in [-0.2, 0) is 0 Å². The number of aryl methyl sites for hydroxylation is 1. The summed E-state index contributed by atoms with van der Waals surface area (Å²) in [6.45, 7) is 2.05. The first-order valence-corrected chi connectivity index (χ1v) is 6.53. The molecular formula is C14H20ClN. The van der Waals surface area contributed by atoms with Gasteiger partial charge in [0.05, 0.1) is 0 Å². The van der Waals surface area contributed by atoms with Crippen LogP contribution in [0.25, 0.3) is 0 Å². The maximum atomic E-state index is 6.19. The summed E-state index contributed by atoms with van der Waals surface area (Å²) in [5.74, 6) is 0.781. The van der Waals surface area contributed by atoms with Gasteiger partial charge < -0.3 is 5.32 Å². The van der Waals surface area contributed by atoms with Gasteiger partial charge in [-0.25, -0.2) is 0 Å². The molecule has 0 radical (unpaired) electrons. The molecule has 1 nitrogen and oxygen atoms in total. The highest BCUT2D eigenvalue weighted by Gasteiger charge is 2.25. The standard InChI is InChI=1S/C14H20ClN/c1-10-7-8-12(9-13(10)15)14(16-2)11-5-3-4-6-11/h7-9,11,14,16H,3-6H2,1-2H3. The molecule has 2 rings (SSSR count). The van der Waals surface area contributed by atoms with E-state index in [4.69, 9.17) is 11.6 Å². The van der Waals surface area contributed by atoms with Crippen molar-refractivity contribution >= 4 is 11.6 Å². The molecule has 0 spiro atoms. The molecule has 2 heteroatoms. The van der Waals surface area contributed by atoms with E-state index in [1.165, 1.54) is 31.2 Å². The van der Waals surface area contributed by atoms with Crippen LogP contribution in [0.1, 0.15) is 42.9 Å². The summed E-state index contributed by atoms with van der Waals surface area (Å²) in [5.41, 5.74) is 2.50. The highest BCUT2D eigenvalue weighted by Crippen LogP contribution is 2.36. The number of hydrogen-bond acceptors (Lipinski definition) is 1. The van der Waals surface area contributed by atoms with Gasteiger partial charge in [-0.1, -0.05) is 36.6 Å². The lowest BCUT2D eigenvalue weighted by Gasteiger charge is -2.23. The minimum atomic E-state index is 0.473. The number of nitrogens with one attached hydrogen (secondary N) is 1. The Kier molecular flexibility index (Phi) is 3.88. The number of halogens is 1. The quantitative estimate of drug-likeness (QED) is 0.835. The molecule has 1 unspecified atom stereocenters. The molecule has 1 atom stereocenters. The fraction of sp³-hybridized carbons (Fsp3) is 0.571. The zero-order valence-corrected chi connectivity index (χ0v) is 10.8. The Hall–Kier alpha value is -0.530. The maximum absolute atomic E-state index is 6.19. The van der Waals surface area contributed by atoms with Gasteiger partial charge in [0, 0.05) is 11.1 Å². The summed E-state index contributed by atoms with van der Waals surface area (Å²) in [7, 11) is 2.05. The summed E-state index contributed by atoms with van der Waals surface area (Å²) >= 11 is 6.19. The van der Waals surface area contributed by atoms with E-state index in [2.05, 4.69) is 37.5 Å². The third-order valence-corrected chi connectivity index (χ3v) is 4.14.